The normalized spacial score (nSPS) is 12.8. The summed E-state index contributed by atoms with van der Waals surface area (Å²) < 4.78 is 5.03. The number of aromatic nitrogens is 1. The predicted molar refractivity (Wildman–Crippen MR) is 69.7 cm³/mol. The van der Waals surface area contributed by atoms with Crippen LogP contribution in [0.2, 0.25) is 0 Å². The summed E-state index contributed by atoms with van der Waals surface area (Å²) in [5.41, 5.74) is 4.05. The first-order valence-corrected chi connectivity index (χ1v) is 6.10. The average molecular weight is 237 g/mol. The number of methoxy groups -OCH3 is 1. The molecule has 1 aromatic rings. The molecule has 1 heterocycles. The zero-order valence-corrected chi connectivity index (χ0v) is 10.9. The van der Waals surface area contributed by atoms with Crippen LogP contribution in [0.3, 0.4) is 0 Å². The Morgan fingerprint density at radius 2 is 2.12 bits per heavy atom. The van der Waals surface area contributed by atoms with Gasteiger partial charge in [-0.25, -0.2) is 4.98 Å². The van der Waals surface area contributed by atoms with Crippen molar-refractivity contribution in [2.45, 2.75) is 39.2 Å². The molecule has 0 amide bonds. The van der Waals surface area contributed by atoms with Gasteiger partial charge in [0.1, 0.15) is 0 Å². The highest BCUT2D eigenvalue weighted by molar-refractivity contribution is 5.18. The van der Waals surface area contributed by atoms with Crippen LogP contribution in [0.15, 0.2) is 18.3 Å². The molecule has 0 bridgehead atoms. The molecule has 0 spiro atoms. The van der Waals surface area contributed by atoms with E-state index in [-0.39, 0.29) is 0 Å². The van der Waals surface area contributed by atoms with Gasteiger partial charge in [-0.1, -0.05) is 19.9 Å². The second-order valence-corrected chi connectivity index (χ2v) is 4.75. The molecule has 0 saturated carbocycles. The zero-order valence-electron chi connectivity index (χ0n) is 10.9. The van der Waals surface area contributed by atoms with Crippen molar-refractivity contribution in [1.82, 2.24) is 10.4 Å². The SMILES string of the molecule is COc1ccc(CC(CCC(C)C)NN)cn1. The van der Waals surface area contributed by atoms with Gasteiger partial charge in [-0.3, -0.25) is 11.3 Å². The lowest BCUT2D eigenvalue weighted by atomic mass is 9.99. The number of pyridine rings is 1. The number of nitrogens with two attached hydrogens (primary N) is 1. The summed E-state index contributed by atoms with van der Waals surface area (Å²) in [6.07, 6.45) is 5.01. The highest BCUT2D eigenvalue weighted by Crippen LogP contribution is 2.12. The summed E-state index contributed by atoms with van der Waals surface area (Å²) in [6, 6.07) is 4.23. The molecule has 1 rings (SSSR count). The smallest absolute Gasteiger partial charge is 0.212 e. The molecule has 1 atom stereocenters. The van der Waals surface area contributed by atoms with E-state index in [1.807, 2.05) is 18.3 Å². The molecular weight excluding hydrogens is 214 g/mol. The second kappa shape index (κ2) is 7.25. The molecule has 0 saturated heterocycles. The van der Waals surface area contributed by atoms with Crippen molar-refractivity contribution in [1.29, 1.82) is 0 Å². The van der Waals surface area contributed by atoms with E-state index in [4.69, 9.17) is 10.6 Å². The number of nitrogens with one attached hydrogen (secondary N) is 1. The van der Waals surface area contributed by atoms with Crippen molar-refractivity contribution >= 4 is 0 Å². The molecule has 4 heteroatoms. The average Bonchev–Trinajstić information content (AvgIpc) is 2.35. The van der Waals surface area contributed by atoms with Crippen LogP contribution < -0.4 is 16.0 Å². The van der Waals surface area contributed by atoms with Crippen molar-refractivity contribution < 1.29 is 4.74 Å². The Kier molecular flexibility index (Phi) is 5.94. The summed E-state index contributed by atoms with van der Waals surface area (Å²) in [7, 11) is 1.62. The van der Waals surface area contributed by atoms with Gasteiger partial charge in [-0.2, -0.15) is 0 Å². The molecule has 96 valence electrons. The molecule has 0 aliphatic rings. The molecule has 4 nitrogen and oxygen atoms in total. The number of hydrogen-bond donors (Lipinski definition) is 2. The van der Waals surface area contributed by atoms with E-state index >= 15 is 0 Å². The van der Waals surface area contributed by atoms with Crippen LogP contribution in [0.1, 0.15) is 32.3 Å². The Morgan fingerprint density at radius 3 is 2.59 bits per heavy atom. The quantitative estimate of drug-likeness (QED) is 0.561. The largest absolute Gasteiger partial charge is 0.481 e. The topological polar surface area (TPSA) is 60.2 Å². The first kappa shape index (κ1) is 13.9. The Bertz CT molecular complexity index is 311. The molecule has 17 heavy (non-hydrogen) atoms. The van der Waals surface area contributed by atoms with Crippen molar-refractivity contribution in [3.8, 4) is 5.88 Å². The van der Waals surface area contributed by atoms with Crippen LogP contribution in [-0.4, -0.2) is 18.1 Å². The number of hydrogen-bond acceptors (Lipinski definition) is 4. The Hall–Kier alpha value is -1.13. The minimum absolute atomic E-state index is 0.313. The monoisotopic (exact) mass is 237 g/mol. The minimum Gasteiger partial charge on any atom is -0.481 e. The molecule has 1 unspecified atom stereocenters. The highest BCUT2D eigenvalue weighted by Gasteiger charge is 2.09. The van der Waals surface area contributed by atoms with Crippen molar-refractivity contribution in [2.75, 3.05) is 7.11 Å². The molecule has 0 radical (unpaired) electrons. The maximum absolute atomic E-state index is 5.57. The maximum atomic E-state index is 5.57. The van der Waals surface area contributed by atoms with Gasteiger partial charge in [0.15, 0.2) is 0 Å². The fourth-order valence-corrected chi connectivity index (χ4v) is 1.72. The van der Waals surface area contributed by atoms with Gasteiger partial charge in [-0.15, -0.1) is 0 Å². The van der Waals surface area contributed by atoms with Crippen LogP contribution >= 0.6 is 0 Å². The van der Waals surface area contributed by atoms with Crippen LogP contribution in [0.4, 0.5) is 0 Å². The third-order valence-corrected chi connectivity index (χ3v) is 2.82. The van der Waals surface area contributed by atoms with Crippen LogP contribution in [-0.2, 0) is 6.42 Å². The lowest BCUT2D eigenvalue weighted by Crippen LogP contribution is -2.37. The summed E-state index contributed by atoms with van der Waals surface area (Å²) in [5.74, 6) is 6.92. The van der Waals surface area contributed by atoms with Gasteiger partial charge in [0.05, 0.1) is 7.11 Å². The van der Waals surface area contributed by atoms with Gasteiger partial charge in [0.2, 0.25) is 5.88 Å². The molecular formula is C13H23N3O. The van der Waals surface area contributed by atoms with E-state index < -0.39 is 0 Å². The number of nitrogens with zero attached hydrogens (tertiary/aromatic N) is 1. The molecule has 0 aliphatic carbocycles. The van der Waals surface area contributed by atoms with E-state index in [0.29, 0.717) is 17.8 Å². The van der Waals surface area contributed by atoms with Gasteiger partial charge < -0.3 is 4.74 Å². The van der Waals surface area contributed by atoms with Gasteiger partial charge in [0, 0.05) is 18.3 Å². The van der Waals surface area contributed by atoms with E-state index in [1.54, 1.807) is 7.11 Å². The Morgan fingerprint density at radius 1 is 1.35 bits per heavy atom. The lowest BCUT2D eigenvalue weighted by Gasteiger charge is -2.16. The van der Waals surface area contributed by atoms with E-state index in [1.165, 1.54) is 12.0 Å². The van der Waals surface area contributed by atoms with Gasteiger partial charge in [-0.05, 0) is 30.7 Å². The standard InChI is InChI=1S/C13H23N3O/c1-10(2)4-6-12(16-14)8-11-5-7-13(17-3)15-9-11/h5,7,9-10,12,16H,4,6,8,14H2,1-3H3. The first-order chi connectivity index (χ1) is 8.15. The molecule has 0 fully saturated rings. The van der Waals surface area contributed by atoms with Gasteiger partial charge in [0.25, 0.3) is 0 Å². The summed E-state index contributed by atoms with van der Waals surface area (Å²) >= 11 is 0. The van der Waals surface area contributed by atoms with E-state index in [2.05, 4.69) is 24.3 Å². The highest BCUT2D eigenvalue weighted by atomic mass is 16.5. The molecule has 1 aromatic heterocycles. The lowest BCUT2D eigenvalue weighted by molar-refractivity contribution is 0.396. The Labute approximate surface area is 104 Å². The second-order valence-electron chi connectivity index (χ2n) is 4.75. The third-order valence-electron chi connectivity index (χ3n) is 2.82. The maximum Gasteiger partial charge on any atom is 0.212 e. The van der Waals surface area contributed by atoms with Crippen molar-refractivity contribution in [3.05, 3.63) is 23.9 Å². The van der Waals surface area contributed by atoms with Crippen LogP contribution in [0, 0.1) is 5.92 Å². The van der Waals surface area contributed by atoms with E-state index in [0.717, 1.165) is 12.8 Å². The minimum atomic E-state index is 0.313. The third kappa shape index (κ3) is 5.15. The fraction of sp³-hybridized carbons (Fsp3) is 0.615. The van der Waals surface area contributed by atoms with E-state index in [9.17, 15) is 0 Å². The number of rotatable bonds is 7. The Balaban J connectivity index is 2.48. The fourth-order valence-electron chi connectivity index (χ4n) is 1.72. The summed E-state index contributed by atoms with van der Waals surface area (Å²) in [5, 5.41) is 0. The molecule has 3 N–H and O–H groups in total. The van der Waals surface area contributed by atoms with Crippen molar-refractivity contribution in [2.24, 2.45) is 11.8 Å². The van der Waals surface area contributed by atoms with Crippen molar-refractivity contribution in [3.63, 3.8) is 0 Å². The summed E-state index contributed by atoms with van der Waals surface area (Å²) in [4.78, 5) is 4.19. The number of ether oxygens (including phenoxy) is 1. The van der Waals surface area contributed by atoms with Crippen LogP contribution in [0.25, 0.3) is 0 Å². The molecule has 0 aromatic carbocycles. The van der Waals surface area contributed by atoms with Crippen LogP contribution in [0.5, 0.6) is 5.88 Å². The first-order valence-electron chi connectivity index (χ1n) is 6.10. The summed E-state index contributed by atoms with van der Waals surface area (Å²) in [6.45, 7) is 4.45. The molecule has 0 aliphatic heterocycles. The van der Waals surface area contributed by atoms with Gasteiger partial charge >= 0.3 is 0 Å². The number of hydrazine groups is 1. The zero-order chi connectivity index (χ0) is 12.7. The predicted octanol–water partition coefficient (Wildman–Crippen LogP) is 1.90.